The molecule has 0 saturated heterocycles. The molecule has 0 amide bonds. The highest BCUT2D eigenvalue weighted by atomic mass is 15.0. The van der Waals surface area contributed by atoms with Crippen LogP contribution in [0.2, 0.25) is 0 Å². The van der Waals surface area contributed by atoms with E-state index in [1.807, 2.05) is 24.8 Å². The molecule has 5 aromatic heterocycles. The average Bonchev–Trinajstić information content (AvgIpc) is 3.86. The highest BCUT2D eigenvalue weighted by molar-refractivity contribution is 6.12. The summed E-state index contributed by atoms with van der Waals surface area (Å²) in [6.07, 6.45) is 7.53. The summed E-state index contributed by atoms with van der Waals surface area (Å²) in [5.74, 6) is 0. The molecule has 0 spiro atoms. The van der Waals surface area contributed by atoms with Crippen molar-refractivity contribution >= 4 is 65.4 Å². The zero-order valence-electron chi connectivity index (χ0n) is 28.3. The lowest BCUT2D eigenvalue weighted by Crippen LogP contribution is -2.04. The normalized spacial score (nSPS) is 11.8. The van der Waals surface area contributed by atoms with Crippen LogP contribution in [0.25, 0.3) is 93.6 Å². The maximum atomic E-state index is 11.0. The van der Waals surface area contributed by atoms with Crippen LogP contribution in [0.3, 0.4) is 0 Å². The minimum atomic E-state index is 0.591. The molecule has 0 radical (unpaired) electrons. The van der Waals surface area contributed by atoms with Crippen molar-refractivity contribution in [2.24, 2.45) is 0 Å². The Balaban J connectivity index is 1.26. The second kappa shape index (κ2) is 11.3. The first kappa shape index (κ1) is 29.3. The number of pyridine rings is 2. The average molecular weight is 677 g/mol. The number of aromatic nitrogens is 5. The lowest BCUT2D eigenvalue weighted by Gasteiger charge is -2.19. The first-order chi connectivity index (χ1) is 26.3. The Labute approximate surface area is 303 Å². The van der Waals surface area contributed by atoms with E-state index in [2.05, 4.69) is 175 Å². The van der Waals surface area contributed by atoms with Crippen molar-refractivity contribution in [1.29, 1.82) is 5.26 Å². The molecule has 6 nitrogen and oxygen atoms in total. The molecule has 6 aromatic carbocycles. The van der Waals surface area contributed by atoms with Crippen LogP contribution in [0.15, 0.2) is 170 Å². The maximum absolute atomic E-state index is 11.0. The number of para-hydroxylation sites is 4. The second-order valence-corrected chi connectivity index (χ2v) is 13.4. The van der Waals surface area contributed by atoms with Gasteiger partial charge in [-0.25, -0.2) is 0 Å². The van der Waals surface area contributed by atoms with E-state index in [-0.39, 0.29) is 0 Å². The van der Waals surface area contributed by atoms with Crippen molar-refractivity contribution in [2.75, 3.05) is 0 Å². The summed E-state index contributed by atoms with van der Waals surface area (Å²) in [5.41, 5.74) is 11.7. The van der Waals surface area contributed by atoms with Crippen LogP contribution in [-0.2, 0) is 0 Å². The minimum Gasteiger partial charge on any atom is -0.309 e. The summed E-state index contributed by atoms with van der Waals surface area (Å²) in [5, 5.41) is 17.8. The van der Waals surface area contributed by atoms with Gasteiger partial charge in [0.05, 0.1) is 62.4 Å². The van der Waals surface area contributed by atoms with Crippen LogP contribution in [0.1, 0.15) is 5.56 Å². The van der Waals surface area contributed by atoms with E-state index in [1.165, 1.54) is 0 Å². The van der Waals surface area contributed by atoms with Gasteiger partial charge in [-0.2, -0.15) is 5.26 Å². The molecule has 0 aliphatic carbocycles. The smallest absolute Gasteiger partial charge is 0.101 e. The van der Waals surface area contributed by atoms with E-state index in [0.29, 0.717) is 5.56 Å². The number of hydrogen-bond acceptors (Lipinski definition) is 3. The van der Waals surface area contributed by atoms with Crippen molar-refractivity contribution in [3.05, 3.63) is 176 Å². The third-order valence-corrected chi connectivity index (χ3v) is 10.7. The summed E-state index contributed by atoms with van der Waals surface area (Å²) in [7, 11) is 0. The molecule has 0 aliphatic rings. The molecule has 0 atom stereocenters. The Morgan fingerprint density at radius 2 is 0.887 bits per heavy atom. The van der Waals surface area contributed by atoms with Crippen molar-refractivity contribution in [3.8, 4) is 34.3 Å². The number of nitrogens with zero attached hydrogens (tertiary/aromatic N) is 6. The fourth-order valence-corrected chi connectivity index (χ4v) is 8.44. The first-order valence-corrected chi connectivity index (χ1v) is 17.6. The van der Waals surface area contributed by atoms with Gasteiger partial charge in [0.2, 0.25) is 0 Å². The van der Waals surface area contributed by atoms with Crippen LogP contribution in [0.4, 0.5) is 0 Å². The number of rotatable bonds is 4. The predicted molar refractivity (Wildman–Crippen MR) is 215 cm³/mol. The third kappa shape index (κ3) is 4.19. The Hall–Kier alpha value is -7.49. The highest BCUT2D eigenvalue weighted by Crippen LogP contribution is 2.41. The van der Waals surface area contributed by atoms with Gasteiger partial charge in [-0.1, -0.05) is 84.9 Å². The molecule has 11 aromatic rings. The molecule has 6 heteroatoms. The zero-order chi connectivity index (χ0) is 35.0. The fraction of sp³-hybridized carbons (Fsp3) is 0. The first-order valence-electron chi connectivity index (χ1n) is 17.6. The summed E-state index contributed by atoms with van der Waals surface area (Å²) in [4.78, 5) is 9.02. The van der Waals surface area contributed by atoms with Crippen LogP contribution in [0, 0.1) is 11.3 Å². The minimum absolute atomic E-state index is 0.591. The number of fused-ring (bicyclic) bond motifs is 9. The summed E-state index contributed by atoms with van der Waals surface area (Å²) in [6.45, 7) is 0. The van der Waals surface area contributed by atoms with Gasteiger partial charge in [0.1, 0.15) is 6.07 Å². The molecular formula is C47H28N6. The van der Waals surface area contributed by atoms with Gasteiger partial charge in [-0.15, -0.1) is 0 Å². The molecule has 0 saturated carbocycles. The number of hydrogen-bond donors (Lipinski definition) is 0. The van der Waals surface area contributed by atoms with Gasteiger partial charge in [-0.3, -0.25) is 9.97 Å². The predicted octanol–water partition coefficient (Wildman–Crippen LogP) is 11.3. The van der Waals surface area contributed by atoms with Crippen molar-refractivity contribution in [1.82, 2.24) is 23.7 Å². The fourth-order valence-electron chi connectivity index (χ4n) is 8.44. The van der Waals surface area contributed by atoms with Gasteiger partial charge >= 0.3 is 0 Å². The van der Waals surface area contributed by atoms with Crippen molar-refractivity contribution in [2.45, 2.75) is 0 Å². The Kier molecular flexibility index (Phi) is 6.22. The number of benzene rings is 6. The monoisotopic (exact) mass is 676 g/mol. The largest absolute Gasteiger partial charge is 0.309 e. The number of nitriles is 1. The topological polar surface area (TPSA) is 64.4 Å². The van der Waals surface area contributed by atoms with Gasteiger partial charge in [0, 0.05) is 56.0 Å². The third-order valence-electron chi connectivity index (χ3n) is 10.7. The van der Waals surface area contributed by atoms with Crippen molar-refractivity contribution < 1.29 is 0 Å². The molecule has 11 rings (SSSR count). The van der Waals surface area contributed by atoms with E-state index >= 15 is 0 Å². The van der Waals surface area contributed by atoms with Crippen LogP contribution in [0.5, 0.6) is 0 Å². The molecule has 53 heavy (non-hydrogen) atoms. The van der Waals surface area contributed by atoms with E-state index in [1.54, 1.807) is 0 Å². The molecule has 5 heterocycles. The summed E-state index contributed by atoms with van der Waals surface area (Å²) >= 11 is 0. The van der Waals surface area contributed by atoms with E-state index in [4.69, 9.17) is 0 Å². The lowest BCUT2D eigenvalue weighted by molar-refractivity contribution is 1.13. The summed E-state index contributed by atoms with van der Waals surface area (Å²) < 4.78 is 6.81. The van der Waals surface area contributed by atoms with Gasteiger partial charge in [0.25, 0.3) is 0 Å². The zero-order valence-corrected chi connectivity index (χ0v) is 28.3. The molecule has 246 valence electrons. The molecule has 0 unspecified atom stereocenters. The van der Waals surface area contributed by atoms with Gasteiger partial charge < -0.3 is 13.7 Å². The Bertz CT molecular complexity index is 3160. The van der Waals surface area contributed by atoms with E-state index < -0.39 is 0 Å². The highest BCUT2D eigenvalue weighted by Gasteiger charge is 2.22. The van der Waals surface area contributed by atoms with Gasteiger partial charge in [0.15, 0.2) is 0 Å². The standard InChI is InChI=1S/C47H28N6/c48-27-31-25-45(53-42-18-7-3-14-35(42)36-15-4-8-19-43(36)53)39(26-44(31)52-40-16-5-1-12-33(40)34-13-2-6-17-41(34)52)30-10-9-11-32(24-30)51-46-28-49-22-20-37(46)38-21-23-50-29-47(38)51/h1-26,28-29H. The Morgan fingerprint density at radius 1 is 0.415 bits per heavy atom. The molecule has 0 aliphatic heterocycles. The summed E-state index contributed by atoms with van der Waals surface area (Å²) in [6, 6.07) is 53.6. The van der Waals surface area contributed by atoms with Gasteiger partial charge in [-0.05, 0) is 66.2 Å². The molecule has 0 bridgehead atoms. The molecule has 0 N–H and O–H groups in total. The van der Waals surface area contributed by atoms with Crippen molar-refractivity contribution in [3.63, 3.8) is 0 Å². The maximum Gasteiger partial charge on any atom is 0.101 e. The quantitative estimate of drug-likeness (QED) is 0.186. The second-order valence-electron chi connectivity index (χ2n) is 13.4. The van der Waals surface area contributed by atoms with Crippen LogP contribution >= 0.6 is 0 Å². The molecule has 0 fully saturated rings. The van der Waals surface area contributed by atoms with E-state index in [9.17, 15) is 5.26 Å². The Morgan fingerprint density at radius 3 is 1.40 bits per heavy atom. The molecular weight excluding hydrogens is 649 g/mol. The van der Waals surface area contributed by atoms with E-state index in [0.717, 1.165) is 93.6 Å². The van der Waals surface area contributed by atoms with Crippen LogP contribution < -0.4 is 0 Å². The van der Waals surface area contributed by atoms with Crippen LogP contribution in [-0.4, -0.2) is 23.7 Å². The lowest BCUT2D eigenvalue weighted by atomic mass is 9.98. The SMILES string of the molecule is N#Cc1cc(-n2c3ccccc3c3ccccc32)c(-c2cccc(-n3c4cnccc4c4ccncc43)c2)cc1-n1c2ccccc2c2ccccc21.